The summed E-state index contributed by atoms with van der Waals surface area (Å²) < 4.78 is 0. The molecule has 130 valence electrons. The third kappa shape index (κ3) is 5.69. The zero-order valence-corrected chi connectivity index (χ0v) is 14.2. The van der Waals surface area contributed by atoms with Crippen LogP contribution in [0.1, 0.15) is 28.8 Å². The third-order valence-corrected chi connectivity index (χ3v) is 3.97. The molecule has 1 N–H and O–H groups in total. The number of non-ortho nitro benzene ring substituents is 1. The number of rotatable bonds is 8. The number of halogens is 1. The van der Waals surface area contributed by atoms with Gasteiger partial charge in [-0.1, -0.05) is 35.9 Å². The van der Waals surface area contributed by atoms with E-state index in [1.807, 2.05) is 0 Å². The van der Waals surface area contributed by atoms with Gasteiger partial charge in [0.05, 0.1) is 9.95 Å². The van der Waals surface area contributed by atoms with Crippen molar-refractivity contribution in [1.29, 1.82) is 0 Å². The molecule has 7 heteroatoms. The molecule has 0 fully saturated rings. The lowest BCUT2D eigenvalue weighted by Gasteiger charge is -2.06. The number of Topliss-reactive ketones (excluding diaryl/α,β-unsaturated/α-hetero) is 1. The summed E-state index contributed by atoms with van der Waals surface area (Å²) in [6.07, 6.45) is 0.736. The van der Waals surface area contributed by atoms with Crippen LogP contribution in [0.15, 0.2) is 48.5 Å². The predicted molar refractivity (Wildman–Crippen MR) is 94.8 cm³/mol. The number of hydrogen-bond acceptors (Lipinski definition) is 4. The van der Waals surface area contributed by atoms with Gasteiger partial charge in [-0.15, -0.1) is 0 Å². The molecule has 0 bridgehead atoms. The summed E-state index contributed by atoms with van der Waals surface area (Å²) in [6.45, 7) is 0.400. The Kier molecular flexibility index (Phi) is 6.65. The lowest BCUT2D eigenvalue weighted by molar-refractivity contribution is -0.384. The summed E-state index contributed by atoms with van der Waals surface area (Å²) in [4.78, 5) is 34.0. The zero-order chi connectivity index (χ0) is 18.2. The summed E-state index contributed by atoms with van der Waals surface area (Å²) >= 11 is 5.95. The molecule has 0 unspecified atom stereocenters. The van der Waals surface area contributed by atoms with Gasteiger partial charge in [0.15, 0.2) is 5.78 Å². The van der Waals surface area contributed by atoms with Crippen molar-refractivity contribution in [2.75, 3.05) is 6.54 Å². The predicted octanol–water partition coefficient (Wildman–Crippen LogP) is 3.57. The molecule has 0 heterocycles. The van der Waals surface area contributed by atoms with Gasteiger partial charge >= 0.3 is 0 Å². The molecular weight excluding hydrogens is 344 g/mol. The number of nitrogens with one attached hydrogen (secondary N) is 1. The average molecular weight is 361 g/mol. The van der Waals surface area contributed by atoms with E-state index in [-0.39, 0.29) is 30.2 Å². The topological polar surface area (TPSA) is 89.3 Å². The quantitative estimate of drug-likeness (QED) is 0.442. The highest BCUT2D eigenvalue weighted by molar-refractivity contribution is 6.34. The molecular formula is C18H17ClN2O4. The highest BCUT2D eigenvalue weighted by atomic mass is 35.5. The number of carbonyl (C=O) groups excluding carboxylic acids is 2. The van der Waals surface area contributed by atoms with Gasteiger partial charge in [-0.05, 0) is 24.1 Å². The number of nitro benzene ring substituents is 1. The van der Waals surface area contributed by atoms with Crippen LogP contribution in [-0.4, -0.2) is 23.2 Å². The van der Waals surface area contributed by atoms with Crippen LogP contribution < -0.4 is 5.32 Å². The van der Waals surface area contributed by atoms with E-state index in [1.54, 1.807) is 36.4 Å². The van der Waals surface area contributed by atoms with E-state index in [4.69, 9.17) is 11.6 Å². The highest BCUT2D eigenvalue weighted by Gasteiger charge is 2.12. The van der Waals surface area contributed by atoms with E-state index < -0.39 is 4.92 Å². The maximum Gasteiger partial charge on any atom is 0.269 e. The van der Waals surface area contributed by atoms with E-state index in [0.29, 0.717) is 23.6 Å². The second kappa shape index (κ2) is 8.94. The SMILES string of the molecule is O=C(CCC(=O)c1ccccc1Cl)NCCc1ccc([N+](=O)[O-])cc1. The molecule has 0 radical (unpaired) electrons. The number of nitro groups is 1. The van der Waals surface area contributed by atoms with Gasteiger partial charge in [-0.25, -0.2) is 0 Å². The van der Waals surface area contributed by atoms with Crippen molar-refractivity contribution >= 4 is 29.0 Å². The Labute approximate surface area is 150 Å². The summed E-state index contributed by atoms with van der Waals surface area (Å²) in [7, 11) is 0. The minimum Gasteiger partial charge on any atom is -0.356 e. The minimum atomic E-state index is -0.457. The van der Waals surface area contributed by atoms with Gasteiger partial charge in [0.2, 0.25) is 5.91 Å². The number of carbonyl (C=O) groups is 2. The monoisotopic (exact) mass is 360 g/mol. The molecule has 0 spiro atoms. The van der Waals surface area contributed by atoms with Gasteiger partial charge < -0.3 is 5.32 Å². The molecule has 2 aromatic rings. The van der Waals surface area contributed by atoms with Crippen LogP contribution in [-0.2, 0) is 11.2 Å². The Balaban J connectivity index is 1.73. The van der Waals surface area contributed by atoms with Gasteiger partial charge in [-0.2, -0.15) is 0 Å². The van der Waals surface area contributed by atoms with E-state index >= 15 is 0 Å². The summed E-state index contributed by atoms with van der Waals surface area (Å²) in [5.74, 6) is -0.390. The fourth-order valence-corrected chi connectivity index (χ4v) is 2.51. The molecule has 2 rings (SSSR count). The molecule has 2 aromatic carbocycles. The minimum absolute atomic E-state index is 0.0332. The zero-order valence-electron chi connectivity index (χ0n) is 13.4. The Morgan fingerprint density at radius 1 is 1.04 bits per heavy atom. The van der Waals surface area contributed by atoms with Crippen LogP contribution in [0.5, 0.6) is 0 Å². The maximum atomic E-state index is 12.0. The number of nitrogens with zero attached hydrogens (tertiary/aromatic N) is 1. The van der Waals surface area contributed by atoms with E-state index in [2.05, 4.69) is 5.32 Å². The first-order valence-electron chi connectivity index (χ1n) is 7.75. The fraction of sp³-hybridized carbons (Fsp3) is 0.222. The third-order valence-electron chi connectivity index (χ3n) is 3.64. The molecule has 6 nitrogen and oxygen atoms in total. The standard InChI is InChI=1S/C18H17ClN2O4/c19-16-4-2-1-3-15(16)17(22)9-10-18(23)20-12-11-13-5-7-14(8-6-13)21(24)25/h1-8H,9-12H2,(H,20,23). The Bertz CT molecular complexity index is 775. The molecule has 0 aliphatic heterocycles. The second-order valence-electron chi connectivity index (χ2n) is 5.43. The molecule has 0 saturated heterocycles. The molecule has 0 atom stereocenters. The summed E-state index contributed by atoms with van der Waals surface area (Å²) in [5, 5.41) is 13.7. The first kappa shape index (κ1) is 18.6. The van der Waals surface area contributed by atoms with Gasteiger partial charge in [0.1, 0.15) is 0 Å². The van der Waals surface area contributed by atoms with Crippen molar-refractivity contribution in [1.82, 2.24) is 5.32 Å². The Morgan fingerprint density at radius 2 is 1.72 bits per heavy atom. The summed E-state index contributed by atoms with van der Waals surface area (Å²) in [5.41, 5.74) is 1.34. The molecule has 0 saturated carbocycles. The van der Waals surface area contributed by atoms with Crippen molar-refractivity contribution in [3.63, 3.8) is 0 Å². The number of hydrogen-bond donors (Lipinski definition) is 1. The van der Waals surface area contributed by atoms with Crippen LogP contribution in [0.25, 0.3) is 0 Å². The van der Waals surface area contributed by atoms with Gasteiger partial charge in [-0.3, -0.25) is 19.7 Å². The molecule has 1 amide bonds. The molecule has 0 aliphatic rings. The first-order chi connectivity index (χ1) is 12.0. The van der Waals surface area contributed by atoms with Crippen molar-refractivity contribution in [2.24, 2.45) is 0 Å². The second-order valence-corrected chi connectivity index (χ2v) is 5.83. The van der Waals surface area contributed by atoms with Crippen molar-refractivity contribution in [2.45, 2.75) is 19.3 Å². The van der Waals surface area contributed by atoms with E-state index in [1.165, 1.54) is 12.1 Å². The molecule has 25 heavy (non-hydrogen) atoms. The summed E-state index contributed by atoms with van der Waals surface area (Å²) in [6, 6.07) is 12.9. The smallest absolute Gasteiger partial charge is 0.269 e. The van der Waals surface area contributed by atoms with Crippen molar-refractivity contribution < 1.29 is 14.5 Å². The van der Waals surface area contributed by atoms with Crippen LogP contribution in [0.3, 0.4) is 0 Å². The van der Waals surface area contributed by atoms with Crippen molar-refractivity contribution in [3.8, 4) is 0 Å². The van der Waals surface area contributed by atoms with Crippen molar-refractivity contribution in [3.05, 3.63) is 74.8 Å². The maximum absolute atomic E-state index is 12.0. The van der Waals surface area contributed by atoms with E-state index in [9.17, 15) is 19.7 Å². The number of benzene rings is 2. The highest BCUT2D eigenvalue weighted by Crippen LogP contribution is 2.17. The Morgan fingerprint density at radius 3 is 2.36 bits per heavy atom. The molecule has 0 aliphatic carbocycles. The van der Waals surface area contributed by atoms with Crippen LogP contribution in [0.2, 0.25) is 5.02 Å². The van der Waals surface area contributed by atoms with Crippen LogP contribution in [0, 0.1) is 10.1 Å². The van der Waals surface area contributed by atoms with Gasteiger partial charge in [0.25, 0.3) is 5.69 Å². The first-order valence-corrected chi connectivity index (χ1v) is 8.13. The normalized spacial score (nSPS) is 10.3. The fourth-order valence-electron chi connectivity index (χ4n) is 2.27. The van der Waals surface area contributed by atoms with Crippen LogP contribution in [0.4, 0.5) is 5.69 Å². The van der Waals surface area contributed by atoms with E-state index in [0.717, 1.165) is 5.56 Å². The average Bonchev–Trinajstić information content (AvgIpc) is 2.60. The largest absolute Gasteiger partial charge is 0.356 e. The number of ketones is 1. The lowest BCUT2D eigenvalue weighted by atomic mass is 10.1. The van der Waals surface area contributed by atoms with Gasteiger partial charge in [0, 0.05) is 37.1 Å². The Hall–Kier alpha value is -2.73. The number of amides is 1. The molecule has 0 aromatic heterocycles. The lowest BCUT2D eigenvalue weighted by Crippen LogP contribution is -2.26. The van der Waals surface area contributed by atoms with Crippen LogP contribution >= 0.6 is 11.6 Å².